The van der Waals surface area contributed by atoms with Gasteiger partial charge in [-0.1, -0.05) is 23.7 Å². The lowest BCUT2D eigenvalue weighted by Crippen LogP contribution is -2.25. The zero-order valence-corrected chi connectivity index (χ0v) is 13.0. The van der Waals surface area contributed by atoms with E-state index in [9.17, 15) is 9.59 Å². The number of rotatable bonds is 4. The molecule has 0 radical (unpaired) electrons. The van der Waals surface area contributed by atoms with Crippen molar-refractivity contribution < 1.29 is 14.3 Å². The molecule has 2 N–H and O–H groups in total. The van der Waals surface area contributed by atoms with Crippen LogP contribution in [0.25, 0.3) is 0 Å². The zero-order chi connectivity index (χ0) is 16.2. The van der Waals surface area contributed by atoms with E-state index in [4.69, 9.17) is 16.3 Å². The van der Waals surface area contributed by atoms with Crippen LogP contribution in [0.15, 0.2) is 42.5 Å². The average molecular weight is 331 g/mol. The molecule has 0 bridgehead atoms. The largest absolute Gasteiger partial charge is 0.482 e. The standard InChI is InChI=1S/C17H15ClN2O3/c18-12-3-1-2-11(8-12)4-7-16(21)19-13-5-6-15-14(9-13)20-17(22)10-23-15/h1-3,5-6,8-9H,4,7,10H2,(H,19,21)(H,20,22). The van der Waals surface area contributed by atoms with Gasteiger partial charge >= 0.3 is 0 Å². The number of ether oxygens (including phenoxy) is 1. The Kier molecular flexibility index (Phi) is 4.48. The van der Waals surface area contributed by atoms with Gasteiger partial charge in [-0.3, -0.25) is 9.59 Å². The van der Waals surface area contributed by atoms with Crippen molar-refractivity contribution in [3.63, 3.8) is 0 Å². The van der Waals surface area contributed by atoms with Gasteiger partial charge in [0.1, 0.15) is 5.75 Å². The predicted molar refractivity (Wildman–Crippen MR) is 89.0 cm³/mol. The van der Waals surface area contributed by atoms with Crippen LogP contribution in [0.1, 0.15) is 12.0 Å². The number of carbonyl (C=O) groups excluding carboxylic acids is 2. The van der Waals surface area contributed by atoms with Crippen molar-refractivity contribution in [2.75, 3.05) is 17.2 Å². The highest BCUT2D eigenvalue weighted by Gasteiger charge is 2.16. The summed E-state index contributed by atoms with van der Waals surface area (Å²) in [6.07, 6.45) is 0.956. The van der Waals surface area contributed by atoms with Crippen LogP contribution in [0.3, 0.4) is 0 Å². The summed E-state index contributed by atoms with van der Waals surface area (Å²) in [6, 6.07) is 12.6. The fraction of sp³-hybridized carbons (Fsp3) is 0.176. The van der Waals surface area contributed by atoms with Crippen molar-refractivity contribution in [1.82, 2.24) is 0 Å². The molecular weight excluding hydrogens is 316 g/mol. The first-order valence-electron chi connectivity index (χ1n) is 7.21. The first-order chi connectivity index (χ1) is 11.1. The van der Waals surface area contributed by atoms with Crippen LogP contribution in [-0.2, 0) is 16.0 Å². The topological polar surface area (TPSA) is 67.4 Å². The minimum absolute atomic E-state index is 0.0122. The third-order valence-electron chi connectivity index (χ3n) is 3.43. The Balaban J connectivity index is 1.59. The van der Waals surface area contributed by atoms with Crippen molar-refractivity contribution in [3.05, 3.63) is 53.1 Å². The lowest BCUT2D eigenvalue weighted by Gasteiger charge is -2.18. The van der Waals surface area contributed by atoms with Gasteiger partial charge in [-0.25, -0.2) is 0 Å². The summed E-state index contributed by atoms with van der Waals surface area (Å²) >= 11 is 5.92. The second-order valence-corrected chi connectivity index (χ2v) is 5.66. The van der Waals surface area contributed by atoms with Gasteiger partial charge in [0.25, 0.3) is 5.91 Å². The average Bonchev–Trinajstić information content (AvgIpc) is 2.53. The number of benzene rings is 2. The molecule has 0 spiro atoms. The molecule has 0 atom stereocenters. The highest BCUT2D eigenvalue weighted by Crippen LogP contribution is 2.30. The first-order valence-corrected chi connectivity index (χ1v) is 7.59. The van der Waals surface area contributed by atoms with E-state index in [0.717, 1.165) is 5.56 Å². The van der Waals surface area contributed by atoms with E-state index in [1.54, 1.807) is 24.3 Å². The summed E-state index contributed by atoms with van der Waals surface area (Å²) in [7, 11) is 0. The second kappa shape index (κ2) is 6.71. The number of carbonyl (C=O) groups is 2. The van der Waals surface area contributed by atoms with Gasteiger partial charge in [0, 0.05) is 17.1 Å². The Bertz CT molecular complexity index is 761. The molecule has 0 unspecified atom stereocenters. The van der Waals surface area contributed by atoms with E-state index < -0.39 is 0 Å². The molecule has 2 aromatic carbocycles. The van der Waals surface area contributed by atoms with Crippen LogP contribution in [0.2, 0.25) is 5.02 Å². The molecule has 0 aliphatic carbocycles. The number of nitrogens with one attached hydrogen (secondary N) is 2. The molecule has 0 aromatic heterocycles. The molecular formula is C17H15ClN2O3. The Hall–Kier alpha value is -2.53. The normalized spacial score (nSPS) is 12.8. The molecule has 0 saturated carbocycles. The molecule has 3 rings (SSSR count). The van der Waals surface area contributed by atoms with Crippen LogP contribution in [0, 0.1) is 0 Å². The van der Waals surface area contributed by atoms with Crippen LogP contribution < -0.4 is 15.4 Å². The number of aryl methyl sites for hydroxylation is 1. The Morgan fingerprint density at radius 2 is 2.13 bits per heavy atom. The van der Waals surface area contributed by atoms with Crippen molar-refractivity contribution in [3.8, 4) is 5.75 Å². The fourth-order valence-corrected chi connectivity index (χ4v) is 2.55. The molecule has 0 fully saturated rings. The smallest absolute Gasteiger partial charge is 0.262 e. The number of fused-ring (bicyclic) bond motifs is 1. The highest BCUT2D eigenvalue weighted by molar-refractivity contribution is 6.30. The van der Waals surface area contributed by atoms with Gasteiger partial charge in [-0.2, -0.15) is 0 Å². The van der Waals surface area contributed by atoms with E-state index in [0.29, 0.717) is 35.0 Å². The summed E-state index contributed by atoms with van der Waals surface area (Å²) in [5, 5.41) is 6.18. The van der Waals surface area contributed by atoms with Crippen LogP contribution in [0.4, 0.5) is 11.4 Å². The maximum absolute atomic E-state index is 12.0. The van der Waals surface area contributed by atoms with Crippen LogP contribution in [0.5, 0.6) is 5.75 Å². The van der Waals surface area contributed by atoms with Crippen LogP contribution >= 0.6 is 11.6 Å². The van der Waals surface area contributed by atoms with E-state index >= 15 is 0 Å². The molecule has 5 nitrogen and oxygen atoms in total. The number of hydrogen-bond donors (Lipinski definition) is 2. The number of hydrogen-bond acceptors (Lipinski definition) is 3. The highest BCUT2D eigenvalue weighted by atomic mass is 35.5. The summed E-state index contributed by atoms with van der Waals surface area (Å²) in [5.74, 6) is 0.288. The molecule has 0 saturated heterocycles. The van der Waals surface area contributed by atoms with Crippen molar-refractivity contribution >= 4 is 34.8 Å². The maximum Gasteiger partial charge on any atom is 0.262 e. The summed E-state index contributed by atoms with van der Waals surface area (Å²) in [4.78, 5) is 23.4. The second-order valence-electron chi connectivity index (χ2n) is 5.23. The molecule has 2 aromatic rings. The van der Waals surface area contributed by atoms with Crippen molar-refractivity contribution in [2.45, 2.75) is 12.8 Å². The lowest BCUT2D eigenvalue weighted by molar-refractivity contribution is -0.118. The van der Waals surface area contributed by atoms with Crippen molar-refractivity contribution in [2.24, 2.45) is 0 Å². The van der Waals surface area contributed by atoms with Gasteiger partial charge in [-0.15, -0.1) is 0 Å². The Morgan fingerprint density at radius 3 is 2.96 bits per heavy atom. The quantitative estimate of drug-likeness (QED) is 0.904. The first kappa shape index (κ1) is 15.4. The third kappa shape index (κ3) is 4.02. The maximum atomic E-state index is 12.0. The summed E-state index contributed by atoms with van der Waals surface area (Å²) in [5.41, 5.74) is 2.19. The minimum atomic E-state index is -0.207. The van der Waals surface area contributed by atoms with Crippen molar-refractivity contribution in [1.29, 1.82) is 0 Å². The Labute approximate surface area is 138 Å². The third-order valence-corrected chi connectivity index (χ3v) is 3.66. The summed E-state index contributed by atoms with van der Waals surface area (Å²) in [6.45, 7) is 0.0122. The number of amides is 2. The number of halogens is 1. The van der Waals surface area contributed by atoms with E-state index in [1.165, 1.54) is 0 Å². The van der Waals surface area contributed by atoms with Gasteiger partial charge < -0.3 is 15.4 Å². The zero-order valence-electron chi connectivity index (χ0n) is 12.3. The predicted octanol–water partition coefficient (Wildman–Crippen LogP) is 3.24. The van der Waals surface area contributed by atoms with Gasteiger partial charge in [0.15, 0.2) is 6.61 Å². The SMILES string of the molecule is O=C(CCc1cccc(Cl)c1)Nc1ccc2c(c1)NC(=O)CO2. The summed E-state index contributed by atoms with van der Waals surface area (Å²) < 4.78 is 5.27. The van der Waals surface area contributed by atoms with E-state index in [2.05, 4.69) is 10.6 Å². The molecule has 2 amide bonds. The van der Waals surface area contributed by atoms with E-state index in [-0.39, 0.29) is 18.4 Å². The monoisotopic (exact) mass is 330 g/mol. The van der Waals surface area contributed by atoms with Gasteiger partial charge in [-0.05, 0) is 42.3 Å². The van der Waals surface area contributed by atoms with E-state index in [1.807, 2.05) is 18.2 Å². The molecule has 1 aliphatic heterocycles. The molecule has 23 heavy (non-hydrogen) atoms. The fourth-order valence-electron chi connectivity index (χ4n) is 2.33. The molecule has 118 valence electrons. The molecule has 1 heterocycles. The number of anilines is 2. The lowest BCUT2D eigenvalue weighted by atomic mass is 10.1. The van der Waals surface area contributed by atoms with Gasteiger partial charge in [0.2, 0.25) is 5.91 Å². The molecule has 1 aliphatic rings. The van der Waals surface area contributed by atoms with Crippen LogP contribution in [-0.4, -0.2) is 18.4 Å². The van der Waals surface area contributed by atoms with Gasteiger partial charge in [0.05, 0.1) is 5.69 Å². The minimum Gasteiger partial charge on any atom is -0.482 e. The Morgan fingerprint density at radius 1 is 1.26 bits per heavy atom. The molecule has 6 heteroatoms.